The first kappa shape index (κ1) is 10.8. The molecule has 1 aromatic rings. The number of ether oxygens (including phenoxy) is 1. The molecule has 4 nitrogen and oxygen atoms in total. The molecule has 4 heteroatoms. The van der Waals surface area contributed by atoms with Gasteiger partial charge < -0.3 is 9.30 Å². The maximum absolute atomic E-state index is 11.3. The smallest absolute Gasteiger partial charge is 0.328 e. The van der Waals surface area contributed by atoms with E-state index in [0.29, 0.717) is 5.92 Å². The molecular formula is C10H16N2O2. The van der Waals surface area contributed by atoms with Crippen molar-refractivity contribution in [2.24, 2.45) is 0 Å². The third kappa shape index (κ3) is 1.95. The van der Waals surface area contributed by atoms with Crippen molar-refractivity contribution in [3.05, 3.63) is 18.2 Å². The van der Waals surface area contributed by atoms with Crippen molar-refractivity contribution in [3.8, 4) is 0 Å². The van der Waals surface area contributed by atoms with Gasteiger partial charge in [-0.3, -0.25) is 0 Å². The quantitative estimate of drug-likeness (QED) is 0.692. The van der Waals surface area contributed by atoms with Gasteiger partial charge in [-0.05, 0) is 6.92 Å². The molecule has 0 radical (unpaired) electrons. The molecule has 0 amide bonds. The molecule has 1 rings (SSSR count). The summed E-state index contributed by atoms with van der Waals surface area (Å²) in [4.78, 5) is 15.5. The van der Waals surface area contributed by atoms with Crippen LogP contribution in [0, 0.1) is 0 Å². The molecule has 0 aliphatic rings. The zero-order valence-corrected chi connectivity index (χ0v) is 9.02. The predicted molar refractivity (Wildman–Crippen MR) is 53.0 cm³/mol. The maximum atomic E-state index is 11.3. The van der Waals surface area contributed by atoms with Crippen molar-refractivity contribution in [3.63, 3.8) is 0 Å². The number of imidazole rings is 1. The Morgan fingerprint density at radius 2 is 2.14 bits per heavy atom. The van der Waals surface area contributed by atoms with E-state index in [1.165, 1.54) is 7.11 Å². The van der Waals surface area contributed by atoms with Crippen LogP contribution in [0.1, 0.15) is 38.6 Å². The Balaban J connectivity index is 2.94. The largest absolute Gasteiger partial charge is 0.467 e. The average molecular weight is 196 g/mol. The van der Waals surface area contributed by atoms with Gasteiger partial charge >= 0.3 is 5.97 Å². The number of nitrogens with zero attached hydrogens (tertiary/aromatic N) is 2. The summed E-state index contributed by atoms with van der Waals surface area (Å²) in [5, 5.41) is 0. The van der Waals surface area contributed by atoms with Gasteiger partial charge in [0.05, 0.1) is 7.11 Å². The molecule has 0 saturated carbocycles. The van der Waals surface area contributed by atoms with Crippen molar-refractivity contribution < 1.29 is 9.53 Å². The summed E-state index contributed by atoms with van der Waals surface area (Å²) < 4.78 is 6.53. The SMILES string of the molecule is COC(=O)[C@H](C)n1ccnc1C(C)C. The van der Waals surface area contributed by atoms with Crippen molar-refractivity contribution in [2.45, 2.75) is 32.7 Å². The first-order valence-electron chi connectivity index (χ1n) is 4.68. The fourth-order valence-corrected chi connectivity index (χ4v) is 1.38. The van der Waals surface area contributed by atoms with Crippen LogP contribution in [0.25, 0.3) is 0 Å². The Kier molecular flexibility index (Phi) is 3.28. The molecule has 0 saturated heterocycles. The molecule has 78 valence electrons. The van der Waals surface area contributed by atoms with Crippen LogP contribution in [0.3, 0.4) is 0 Å². The number of carbonyl (C=O) groups excluding carboxylic acids is 1. The minimum absolute atomic E-state index is 0.245. The molecule has 0 aromatic carbocycles. The zero-order valence-electron chi connectivity index (χ0n) is 9.02. The van der Waals surface area contributed by atoms with Gasteiger partial charge in [0, 0.05) is 18.3 Å². The van der Waals surface area contributed by atoms with Gasteiger partial charge in [-0.2, -0.15) is 0 Å². The van der Waals surface area contributed by atoms with E-state index in [4.69, 9.17) is 0 Å². The van der Waals surface area contributed by atoms with E-state index in [1.54, 1.807) is 19.3 Å². The van der Waals surface area contributed by atoms with Crippen LogP contribution in [0.15, 0.2) is 12.4 Å². The van der Waals surface area contributed by atoms with Crippen LogP contribution in [-0.2, 0) is 9.53 Å². The number of esters is 1. The van der Waals surface area contributed by atoms with Gasteiger partial charge in [0.25, 0.3) is 0 Å². The summed E-state index contributed by atoms with van der Waals surface area (Å²) in [5.41, 5.74) is 0. The third-order valence-electron chi connectivity index (χ3n) is 2.17. The molecule has 0 bridgehead atoms. The Bertz CT molecular complexity index is 318. The van der Waals surface area contributed by atoms with E-state index in [2.05, 4.69) is 9.72 Å². The summed E-state index contributed by atoms with van der Waals surface area (Å²) >= 11 is 0. The summed E-state index contributed by atoms with van der Waals surface area (Å²) in [6, 6.07) is -0.306. The van der Waals surface area contributed by atoms with Crippen LogP contribution < -0.4 is 0 Å². The number of methoxy groups -OCH3 is 1. The van der Waals surface area contributed by atoms with Crippen molar-refractivity contribution in [2.75, 3.05) is 7.11 Å². The zero-order chi connectivity index (χ0) is 10.7. The molecule has 1 aromatic heterocycles. The number of hydrogen-bond donors (Lipinski definition) is 0. The second-order valence-corrected chi connectivity index (χ2v) is 3.55. The normalized spacial score (nSPS) is 12.9. The van der Waals surface area contributed by atoms with E-state index >= 15 is 0 Å². The van der Waals surface area contributed by atoms with Gasteiger partial charge in [-0.1, -0.05) is 13.8 Å². The lowest BCUT2D eigenvalue weighted by molar-refractivity contribution is -0.144. The summed E-state index contributed by atoms with van der Waals surface area (Å²) in [5.74, 6) is 0.963. The second kappa shape index (κ2) is 4.26. The molecule has 0 fully saturated rings. The highest BCUT2D eigenvalue weighted by Crippen LogP contribution is 2.17. The average Bonchev–Trinajstić information content (AvgIpc) is 2.63. The van der Waals surface area contributed by atoms with Crippen LogP contribution in [-0.4, -0.2) is 22.6 Å². The number of hydrogen-bond acceptors (Lipinski definition) is 3. The monoisotopic (exact) mass is 196 g/mol. The topological polar surface area (TPSA) is 44.1 Å². The van der Waals surface area contributed by atoms with Crippen molar-refractivity contribution >= 4 is 5.97 Å². The van der Waals surface area contributed by atoms with Crippen molar-refractivity contribution in [1.29, 1.82) is 0 Å². The minimum atomic E-state index is -0.306. The first-order chi connectivity index (χ1) is 6.57. The first-order valence-corrected chi connectivity index (χ1v) is 4.68. The highest BCUT2D eigenvalue weighted by atomic mass is 16.5. The summed E-state index contributed by atoms with van der Waals surface area (Å²) in [6.07, 6.45) is 3.51. The molecular weight excluding hydrogens is 180 g/mol. The molecule has 1 atom stereocenters. The van der Waals surface area contributed by atoms with E-state index in [-0.39, 0.29) is 12.0 Å². The molecule has 0 spiro atoms. The predicted octanol–water partition coefficient (Wildman–Crippen LogP) is 1.74. The number of aromatic nitrogens is 2. The summed E-state index contributed by atoms with van der Waals surface area (Å²) in [7, 11) is 1.39. The van der Waals surface area contributed by atoms with Gasteiger partial charge in [0.15, 0.2) is 0 Å². The van der Waals surface area contributed by atoms with Crippen LogP contribution in [0.4, 0.5) is 0 Å². The standard InChI is InChI=1S/C10H16N2O2/c1-7(2)9-11-5-6-12(9)8(3)10(13)14-4/h5-8H,1-4H3/t8-/m0/s1. The highest BCUT2D eigenvalue weighted by Gasteiger charge is 2.19. The van der Waals surface area contributed by atoms with E-state index < -0.39 is 0 Å². The van der Waals surface area contributed by atoms with E-state index in [1.807, 2.05) is 18.4 Å². The van der Waals surface area contributed by atoms with E-state index in [0.717, 1.165) is 5.82 Å². The number of rotatable bonds is 3. The molecule has 1 heterocycles. The summed E-state index contributed by atoms with van der Waals surface area (Å²) in [6.45, 7) is 5.89. The van der Waals surface area contributed by atoms with Crippen LogP contribution in [0.2, 0.25) is 0 Å². The number of carbonyl (C=O) groups is 1. The molecule has 0 N–H and O–H groups in total. The van der Waals surface area contributed by atoms with Crippen molar-refractivity contribution in [1.82, 2.24) is 9.55 Å². The fourth-order valence-electron chi connectivity index (χ4n) is 1.38. The molecule has 0 aliphatic carbocycles. The van der Waals surface area contributed by atoms with Crippen LogP contribution in [0.5, 0.6) is 0 Å². The van der Waals surface area contributed by atoms with Gasteiger partial charge in [-0.25, -0.2) is 9.78 Å². The molecule has 0 unspecified atom stereocenters. The molecule has 0 aliphatic heterocycles. The lowest BCUT2D eigenvalue weighted by atomic mass is 10.2. The Hall–Kier alpha value is -1.32. The molecule has 14 heavy (non-hydrogen) atoms. The Morgan fingerprint density at radius 1 is 1.50 bits per heavy atom. The Morgan fingerprint density at radius 3 is 2.64 bits per heavy atom. The van der Waals surface area contributed by atoms with Gasteiger partial charge in [-0.15, -0.1) is 0 Å². The van der Waals surface area contributed by atoms with E-state index in [9.17, 15) is 4.79 Å². The Labute approximate surface area is 83.9 Å². The minimum Gasteiger partial charge on any atom is -0.467 e. The van der Waals surface area contributed by atoms with Gasteiger partial charge in [0.2, 0.25) is 0 Å². The lowest BCUT2D eigenvalue weighted by Crippen LogP contribution is -2.19. The maximum Gasteiger partial charge on any atom is 0.328 e. The fraction of sp³-hybridized carbons (Fsp3) is 0.600. The lowest BCUT2D eigenvalue weighted by Gasteiger charge is -2.15. The van der Waals surface area contributed by atoms with Gasteiger partial charge in [0.1, 0.15) is 11.9 Å². The van der Waals surface area contributed by atoms with Crippen LogP contribution >= 0.6 is 0 Å². The second-order valence-electron chi connectivity index (χ2n) is 3.55. The third-order valence-corrected chi connectivity index (χ3v) is 2.17. The highest BCUT2D eigenvalue weighted by molar-refractivity contribution is 5.73.